The first kappa shape index (κ1) is 10.6. The van der Waals surface area contributed by atoms with Crippen LogP contribution < -0.4 is 11.1 Å². The number of carbonyl (C=O) groups is 1. The number of amides is 1. The van der Waals surface area contributed by atoms with Crippen molar-refractivity contribution >= 4 is 43.7 Å². The summed E-state index contributed by atoms with van der Waals surface area (Å²) >= 11 is 6.73. The molecule has 0 saturated carbocycles. The molecule has 1 aliphatic heterocycles. The molecule has 1 aromatic rings. The lowest BCUT2D eigenvalue weighted by molar-refractivity contribution is -0.120. The highest BCUT2D eigenvalue weighted by atomic mass is 79.9. The van der Waals surface area contributed by atoms with Crippen molar-refractivity contribution in [2.75, 3.05) is 0 Å². The molecule has 0 aromatic heterocycles. The fourth-order valence-electron chi connectivity index (χ4n) is 1.33. The predicted molar refractivity (Wildman–Crippen MR) is 64.3 cm³/mol. The summed E-state index contributed by atoms with van der Waals surface area (Å²) in [6.45, 7) is 0. The van der Waals surface area contributed by atoms with Gasteiger partial charge in [-0.1, -0.05) is 6.07 Å². The Bertz CT molecular complexity index is 459. The molecule has 0 bridgehead atoms. The molecule has 4 nitrogen and oxygen atoms in total. The standard InChI is InChI=1S/C9H7Br2N3O/c10-5-2-1-4(3-6(5)11)7-8(15)14-9(12)13-7/h1-3,7H,(H3,12,13,14,15). The average molecular weight is 333 g/mol. The van der Waals surface area contributed by atoms with Gasteiger partial charge in [-0.3, -0.25) is 10.1 Å². The summed E-state index contributed by atoms with van der Waals surface area (Å²) < 4.78 is 1.81. The Labute approximate surface area is 103 Å². The van der Waals surface area contributed by atoms with Gasteiger partial charge in [-0.15, -0.1) is 0 Å². The molecule has 1 aromatic carbocycles. The minimum absolute atomic E-state index is 0.170. The number of nitrogens with zero attached hydrogens (tertiary/aromatic N) is 1. The zero-order valence-corrected chi connectivity index (χ0v) is 10.7. The van der Waals surface area contributed by atoms with Gasteiger partial charge < -0.3 is 5.73 Å². The minimum Gasteiger partial charge on any atom is -0.370 e. The van der Waals surface area contributed by atoms with E-state index >= 15 is 0 Å². The van der Waals surface area contributed by atoms with Gasteiger partial charge >= 0.3 is 0 Å². The summed E-state index contributed by atoms with van der Waals surface area (Å²) in [4.78, 5) is 15.5. The van der Waals surface area contributed by atoms with Gasteiger partial charge in [-0.25, -0.2) is 4.99 Å². The summed E-state index contributed by atoms with van der Waals surface area (Å²) in [7, 11) is 0. The van der Waals surface area contributed by atoms with Gasteiger partial charge in [0.25, 0.3) is 5.91 Å². The quantitative estimate of drug-likeness (QED) is 0.822. The van der Waals surface area contributed by atoms with E-state index in [4.69, 9.17) is 5.73 Å². The number of hydrogen-bond acceptors (Lipinski definition) is 3. The molecule has 1 atom stereocenters. The van der Waals surface area contributed by atoms with Crippen LogP contribution in [0.4, 0.5) is 0 Å². The molecule has 0 saturated heterocycles. The molecule has 0 radical (unpaired) electrons. The van der Waals surface area contributed by atoms with Crippen molar-refractivity contribution in [1.29, 1.82) is 0 Å². The molecular formula is C9H7Br2N3O. The second-order valence-corrected chi connectivity index (χ2v) is 4.79. The number of nitrogens with one attached hydrogen (secondary N) is 1. The molecular weight excluding hydrogens is 326 g/mol. The largest absolute Gasteiger partial charge is 0.370 e. The number of hydrogen-bond donors (Lipinski definition) is 2. The van der Waals surface area contributed by atoms with Crippen LogP contribution in [0.25, 0.3) is 0 Å². The van der Waals surface area contributed by atoms with Crippen molar-refractivity contribution in [3.63, 3.8) is 0 Å². The van der Waals surface area contributed by atoms with Gasteiger partial charge in [-0.2, -0.15) is 0 Å². The third-order valence-electron chi connectivity index (χ3n) is 2.03. The monoisotopic (exact) mass is 331 g/mol. The summed E-state index contributed by atoms with van der Waals surface area (Å²) in [6.07, 6.45) is 0. The maximum atomic E-state index is 11.4. The average Bonchev–Trinajstić information content (AvgIpc) is 2.50. The third-order valence-corrected chi connectivity index (χ3v) is 3.91. The molecule has 0 aliphatic carbocycles. The van der Waals surface area contributed by atoms with Gasteiger partial charge in [0.2, 0.25) is 0 Å². The molecule has 2 rings (SSSR count). The molecule has 15 heavy (non-hydrogen) atoms. The lowest BCUT2D eigenvalue weighted by Gasteiger charge is -2.06. The number of guanidine groups is 1. The second-order valence-electron chi connectivity index (χ2n) is 3.08. The number of carbonyl (C=O) groups excluding carboxylic acids is 1. The fourth-order valence-corrected chi connectivity index (χ4v) is 1.98. The molecule has 78 valence electrons. The van der Waals surface area contributed by atoms with E-state index in [9.17, 15) is 4.79 Å². The first-order valence-electron chi connectivity index (χ1n) is 4.17. The Morgan fingerprint density at radius 2 is 2.07 bits per heavy atom. The van der Waals surface area contributed by atoms with Crippen molar-refractivity contribution in [3.8, 4) is 0 Å². The molecule has 0 fully saturated rings. The normalized spacial score (nSPS) is 20.0. The van der Waals surface area contributed by atoms with E-state index < -0.39 is 6.04 Å². The Hall–Kier alpha value is -0.880. The summed E-state index contributed by atoms with van der Waals surface area (Å²) in [5.74, 6) is -0.0224. The van der Waals surface area contributed by atoms with Gasteiger partial charge in [0, 0.05) is 8.95 Å². The highest BCUT2D eigenvalue weighted by Gasteiger charge is 2.26. The molecule has 0 spiro atoms. The van der Waals surface area contributed by atoms with Gasteiger partial charge in [0.15, 0.2) is 12.0 Å². The van der Waals surface area contributed by atoms with Crippen LogP contribution in [0.5, 0.6) is 0 Å². The van der Waals surface area contributed by atoms with E-state index in [0.717, 1.165) is 14.5 Å². The van der Waals surface area contributed by atoms with Crippen LogP contribution in [0.2, 0.25) is 0 Å². The summed E-state index contributed by atoms with van der Waals surface area (Å²) in [5, 5.41) is 2.46. The Balaban J connectivity index is 2.38. The van der Waals surface area contributed by atoms with E-state index in [0.29, 0.717) is 0 Å². The maximum Gasteiger partial charge on any atom is 0.256 e. The van der Waals surface area contributed by atoms with Crippen LogP contribution in [0.15, 0.2) is 32.1 Å². The topological polar surface area (TPSA) is 67.5 Å². The van der Waals surface area contributed by atoms with Crippen molar-refractivity contribution in [3.05, 3.63) is 32.7 Å². The van der Waals surface area contributed by atoms with Crippen LogP contribution in [0, 0.1) is 0 Å². The molecule has 6 heteroatoms. The molecule has 3 N–H and O–H groups in total. The molecule has 1 heterocycles. The highest BCUT2D eigenvalue weighted by molar-refractivity contribution is 9.13. The number of rotatable bonds is 1. The van der Waals surface area contributed by atoms with Gasteiger partial charge in [0.05, 0.1) is 0 Å². The first-order valence-corrected chi connectivity index (χ1v) is 5.75. The zero-order chi connectivity index (χ0) is 11.0. The first-order chi connectivity index (χ1) is 7.08. The van der Waals surface area contributed by atoms with Crippen LogP contribution in [-0.2, 0) is 4.79 Å². The SMILES string of the molecule is NC1=NC(c2ccc(Br)c(Br)c2)C(=O)N1. The van der Waals surface area contributed by atoms with Crippen LogP contribution in [0.3, 0.4) is 0 Å². The van der Waals surface area contributed by atoms with E-state index in [1.807, 2.05) is 18.2 Å². The van der Waals surface area contributed by atoms with Crippen molar-refractivity contribution < 1.29 is 4.79 Å². The Kier molecular flexibility index (Phi) is 2.79. The van der Waals surface area contributed by atoms with Gasteiger partial charge in [0.1, 0.15) is 0 Å². The predicted octanol–water partition coefficient (Wildman–Crippen LogP) is 1.70. The zero-order valence-electron chi connectivity index (χ0n) is 7.50. The third kappa shape index (κ3) is 2.05. The Morgan fingerprint density at radius 3 is 2.60 bits per heavy atom. The minimum atomic E-state index is -0.533. The van der Waals surface area contributed by atoms with Gasteiger partial charge in [-0.05, 0) is 49.6 Å². The summed E-state index contributed by atoms with van der Waals surface area (Å²) in [5.41, 5.74) is 6.23. The van der Waals surface area contributed by atoms with Crippen molar-refractivity contribution in [1.82, 2.24) is 5.32 Å². The van der Waals surface area contributed by atoms with Crippen LogP contribution in [-0.4, -0.2) is 11.9 Å². The van der Waals surface area contributed by atoms with E-state index in [-0.39, 0.29) is 11.9 Å². The molecule has 1 aliphatic rings. The fraction of sp³-hybridized carbons (Fsp3) is 0.111. The number of aliphatic imine (C=N–C) groups is 1. The van der Waals surface area contributed by atoms with E-state index in [2.05, 4.69) is 42.2 Å². The number of halogens is 2. The van der Waals surface area contributed by atoms with E-state index in [1.54, 1.807) is 0 Å². The summed E-state index contributed by atoms with van der Waals surface area (Å²) in [6, 6.07) is 5.00. The lowest BCUT2D eigenvalue weighted by atomic mass is 10.1. The van der Waals surface area contributed by atoms with E-state index in [1.165, 1.54) is 0 Å². The molecule has 1 unspecified atom stereocenters. The Morgan fingerprint density at radius 1 is 1.33 bits per heavy atom. The maximum absolute atomic E-state index is 11.4. The van der Waals surface area contributed by atoms with Crippen LogP contribution >= 0.6 is 31.9 Å². The lowest BCUT2D eigenvalue weighted by Crippen LogP contribution is -2.31. The highest BCUT2D eigenvalue weighted by Crippen LogP contribution is 2.28. The van der Waals surface area contributed by atoms with Crippen molar-refractivity contribution in [2.24, 2.45) is 10.7 Å². The van der Waals surface area contributed by atoms with Crippen LogP contribution in [0.1, 0.15) is 11.6 Å². The smallest absolute Gasteiger partial charge is 0.256 e. The van der Waals surface area contributed by atoms with Crippen molar-refractivity contribution in [2.45, 2.75) is 6.04 Å². The second kappa shape index (κ2) is 3.94. The number of benzene rings is 1. The molecule has 1 amide bonds. The number of nitrogens with two attached hydrogens (primary N) is 1.